The fourth-order valence-corrected chi connectivity index (χ4v) is 5.07. The first-order valence-electron chi connectivity index (χ1n) is 11.3. The van der Waals surface area contributed by atoms with Gasteiger partial charge in [0.1, 0.15) is 23.7 Å². The number of hydrogen-bond donors (Lipinski definition) is 2. The number of carbonyl (C=O) groups excluding carboxylic acids is 3. The van der Waals surface area contributed by atoms with Crippen molar-refractivity contribution in [2.45, 2.75) is 13.5 Å². The number of carboxylic acids is 1. The van der Waals surface area contributed by atoms with E-state index < -0.39 is 23.8 Å². The molecule has 0 bridgehead atoms. The van der Waals surface area contributed by atoms with Crippen molar-refractivity contribution in [1.29, 1.82) is 0 Å². The first kappa shape index (κ1) is 27.1. The number of anilines is 1. The largest absolute Gasteiger partial charge is 0.494 e. The molecule has 1 aliphatic heterocycles. The van der Waals surface area contributed by atoms with E-state index in [0.29, 0.717) is 32.6 Å². The van der Waals surface area contributed by atoms with E-state index in [2.05, 4.69) is 37.2 Å². The van der Waals surface area contributed by atoms with Crippen LogP contribution in [-0.2, 0) is 16.2 Å². The molecule has 3 aromatic rings. The summed E-state index contributed by atoms with van der Waals surface area (Å²) in [5.41, 5.74) is 1.52. The summed E-state index contributed by atoms with van der Waals surface area (Å²) < 4.78 is 12.4. The van der Waals surface area contributed by atoms with Gasteiger partial charge in [-0.25, -0.2) is 14.5 Å². The monoisotopic (exact) mass is 642 g/mol. The smallest absolute Gasteiger partial charge is 0.335 e. The molecule has 0 aliphatic carbocycles. The molecule has 38 heavy (non-hydrogen) atoms. The Hall–Kier alpha value is -3.96. The predicted octanol–water partition coefficient (Wildman–Crippen LogP) is 5.55. The summed E-state index contributed by atoms with van der Waals surface area (Å²) in [6.07, 6.45) is 1.38. The highest BCUT2D eigenvalue weighted by molar-refractivity contribution is 9.11. The molecule has 4 rings (SSSR count). The SMILES string of the molecule is CCOc1ccc(N2C(=O)NC(=O)C(=Cc3cc(Br)c(OCc4ccc(C(=O)O)cc4)c(Br)c3)C2=O)cc1. The van der Waals surface area contributed by atoms with Crippen LogP contribution in [0.3, 0.4) is 0 Å². The molecule has 1 aliphatic rings. The van der Waals surface area contributed by atoms with Crippen molar-refractivity contribution in [3.8, 4) is 11.5 Å². The number of imide groups is 2. The zero-order valence-electron chi connectivity index (χ0n) is 19.9. The summed E-state index contributed by atoms with van der Waals surface area (Å²) in [4.78, 5) is 50.1. The zero-order chi connectivity index (χ0) is 27.4. The van der Waals surface area contributed by atoms with Crippen LogP contribution in [-0.4, -0.2) is 35.5 Å². The van der Waals surface area contributed by atoms with Crippen LogP contribution in [0.25, 0.3) is 6.08 Å². The molecule has 4 amide bonds. The molecule has 1 heterocycles. The van der Waals surface area contributed by atoms with Gasteiger partial charge in [0.05, 0.1) is 26.8 Å². The zero-order valence-corrected chi connectivity index (χ0v) is 23.0. The van der Waals surface area contributed by atoms with E-state index in [0.717, 1.165) is 10.5 Å². The van der Waals surface area contributed by atoms with Gasteiger partial charge in [0.15, 0.2) is 0 Å². The Morgan fingerprint density at radius 1 is 0.974 bits per heavy atom. The number of carboxylic acid groups (broad SMARTS) is 1. The molecule has 1 fully saturated rings. The lowest BCUT2D eigenvalue weighted by Crippen LogP contribution is -2.54. The molecule has 0 radical (unpaired) electrons. The van der Waals surface area contributed by atoms with Gasteiger partial charge in [0.25, 0.3) is 11.8 Å². The van der Waals surface area contributed by atoms with Gasteiger partial charge >= 0.3 is 12.0 Å². The second kappa shape index (κ2) is 11.6. The molecule has 0 aromatic heterocycles. The number of rotatable bonds is 8. The molecule has 9 nitrogen and oxygen atoms in total. The second-order valence-electron chi connectivity index (χ2n) is 7.99. The summed E-state index contributed by atoms with van der Waals surface area (Å²) in [5, 5.41) is 11.2. The minimum atomic E-state index is -1.01. The van der Waals surface area contributed by atoms with Crippen LogP contribution in [0, 0.1) is 0 Å². The molecule has 0 saturated carbocycles. The van der Waals surface area contributed by atoms with Crippen LogP contribution in [0.2, 0.25) is 0 Å². The summed E-state index contributed by atoms with van der Waals surface area (Å²) in [7, 11) is 0. The average molecular weight is 644 g/mol. The van der Waals surface area contributed by atoms with Crippen LogP contribution in [0.1, 0.15) is 28.4 Å². The van der Waals surface area contributed by atoms with E-state index in [-0.39, 0.29) is 23.4 Å². The third-order valence-corrected chi connectivity index (χ3v) is 6.60. The third-order valence-electron chi connectivity index (χ3n) is 5.42. The Balaban J connectivity index is 1.55. The highest BCUT2D eigenvalue weighted by atomic mass is 79.9. The number of nitrogens with zero attached hydrogens (tertiary/aromatic N) is 1. The minimum Gasteiger partial charge on any atom is -0.494 e. The van der Waals surface area contributed by atoms with E-state index in [9.17, 15) is 19.2 Å². The molecule has 2 N–H and O–H groups in total. The van der Waals surface area contributed by atoms with Crippen molar-refractivity contribution in [1.82, 2.24) is 5.32 Å². The van der Waals surface area contributed by atoms with Crippen molar-refractivity contribution in [3.05, 3.63) is 91.9 Å². The molecule has 0 atom stereocenters. The van der Waals surface area contributed by atoms with Gasteiger partial charge in [-0.2, -0.15) is 0 Å². The van der Waals surface area contributed by atoms with Crippen molar-refractivity contribution in [2.75, 3.05) is 11.5 Å². The van der Waals surface area contributed by atoms with Crippen molar-refractivity contribution < 1.29 is 33.8 Å². The van der Waals surface area contributed by atoms with E-state index in [1.807, 2.05) is 6.92 Å². The highest BCUT2D eigenvalue weighted by Crippen LogP contribution is 2.36. The van der Waals surface area contributed by atoms with Crippen LogP contribution >= 0.6 is 31.9 Å². The van der Waals surface area contributed by atoms with Crippen molar-refractivity contribution in [2.24, 2.45) is 0 Å². The average Bonchev–Trinajstić information content (AvgIpc) is 2.87. The number of halogens is 2. The number of urea groups is 1. The molecule has 194 valence electrons. The van der Waals surface area contributed by atoms with Crippen molar-refractivity contribution in [3.63, 3.8) is 0 Å². The number of carbonyl (C=O) groups is 4. The summed E-state index contributed by atoms with van der Waals surface area (Å²) in [5.74, 6) is -1.52. The van der Waals surface area contributed by atoms with E-state index in [1.165, 1.54) is 18.2 Å². The number of barbiturate groups is 1. The lowest BCUT2D eigenvalue weighted by atomic mass is 10.1. The van der Waals surface area contributed by atoms with Crippen LogP contribution in [0.4, 0.5) is 10.5 Å². The second-order valence-corrected chi connectivity index (χ2v) is 9.70. The molecule has 0 unspecified atom stereocenters. The molecule has 11 heteroatoms. The van der Waals surface area contributed by atoms with Gasteiger partial charge in [-0.3, -0.25) is 14.9 Å². The number of ether oxygens (including phenoxy) is 2. The number of amides is 4. The summed E-state index contributed by atoms with van der Waals surface area (Å²) >= 11 is 6.90. The van der Waals surface area contributed by atoms with Crippen LogP contribution < -0.4 is 19.7 Å². The number of hydrogen-bond acceptors (Lipinski definition) is 6. The topological polar surface area (TPSA) is 122 Å². The lowest BCUT2D eigenvalue weighted by molar-refractivity contribution is -0.122. The van der Waals surface area contributed by atoms with Gasteiger partial charge in [-0.1, -0.05) is 12.1 Å². The Labute approximate surface area is 234 Å². The van der Waals surface area contributed by atoms with E-state index in [4.69, 9.17) is 14.6 Å². The first-order chi connectivity index (χ1) is 18.2. The maximum Gasteiger partial charge on any atom is 0.335 e. The Bertz CT molecular complexity index is 1430. The molecule has 1 saturated heterocycles. The third kappa shape index (κ3) is 5.95. The molecular formula is C27H20Br2N2O7. The fourth-order valence-electron chi connectivity index (χ4n) is 3.62. The van der Waals surface area contributed by atoms with Gasteiger partial charge < -0.3 is 14.6 Å². The fraction of sp³-hybridized carbons (Fsp3) is 0.111. The number of benzene rings is 3. The van der Waals surface area contributed by atoms with E-state index in [1.54, 1.807) is 48.5 Å². The number of nitrogens with one attached hydrogen (secondary N) is 1. The van der Waals surface area contributed by atoms with Gasteiger partial charge in [0, 0.05) is 0 Å². The summed E-state index contributed by atoms with van der Waals surface area (Å²) in [6, 6.07) is 15.2. The number of aromatic carboxylic acids is 1. The Morgan fingerprint density at radius 2 is 1.61 bits per heavy atom. The Morgan fingerprint density at radius 3 is 2.18 bits per heavy atom. The first-order valence-corrected chi connectivity index (χ1v) is 12.8. The minimum absolute atomic E-state index is 0.178. The van der Waals surface area contributed by atoms with Gasteiger partial charge in [0.2, 0.25) is 0 Å². The summed E-state index contributed by atoms with van der Waals surface area (Å²) in [6.45, 7) is 2.49. The van der Waals surface area contributed by atoms with E-state index >= 15 is 0 Å². The van der Waals surface area contributed by atoms with Gasteiger partial charge in [-0.15, -0.1) is 0 Å². The van der Waals surface area contributed by atoms with Gasteiger partial charge in [-0.05, 0) is 105 Å². The normalized spacial score (nSPS) is 14.4. The quantitative estimate of drug-likeness (QED) is 0.244. The standard InChI is InChI=1S/C27H20Br2N2O7/c1-2-37-19-9-7-18(8-10-19)31-25(33)20(24(32)30-27(31)36)11-16-12-21(28)23(22(29)13-16)38-14-15-3-5-17(6-4-15)26(34)35/h3-13H,2,14H2,1H3,(H,34,35)(H,30,32,36). The van der Waals surface area contributed by atoms with Crippen molar-refractivity contribution >= 4 is 67.4 Å². The van der Waals surface area contributed by atoms with Crippen LogP contribution in [0.5, 0.6) is 11.5 Å². The molecule has 3 aromatic carbocycles. The predicted molar refractivity (Wildman–Crippen MR) is 146 cm³/mol. The van der Waals surface area contributed by atoms with Crippen LogP contribution in [0.15, 0.2) is 75.2 Å². The lowest BCUT2D eigenvalue weighted by Gasteiger charge is -2.26. The Kier molecular flexibility index (Phi) is 8.28. The maximum atomic E-state index is 13.2. The molecule has 0 spiro atoms. The maximum absolute atomic E-state index is 13.2. The molecular weight excluding hydrogens is 624 g/mol. The highest BCUT2D eigenvalue weighted by Gasteiger charge is 2.36.